The Morgan fingerprint density at radius 2 is 1.60 bits per heavy atom. The van der Waals surface area contributed by atoms with E-state index in [-0.39, 0.29) is 0 Å². The van der Waals surface area contributed by atoms with Crippen LogP contribution in [0.4, 0.5) is 18.9 Å². The fourth-order valence-corrected chi connectivity index (χ4v) is 3.09. The van der Waals surface area contributed by atoms with Crippen LogP contribution in [-0.4, -0.2) is 37.0 Å². The summed E-state index contributed by atoms with van der Waals surface area (Å²) in [5.74, 6) is -4.95. The molecule has 1 saturated heterocycles. The molecule has 0 bridgehead atoms. The van der Waals surface area contributed by atoms with Crippen molar-refractivity contribution in [1.29, 1.82) is 0 Å². The van der Waals surface area contributed by atoms with E-state index in [1.54, 1.807) is 0 Å². The molecule has 3 rings (SSSR count). The molecule has 1 aliphatic heterocycles. The van der Waals surface area contributed by atoms with Gasteiger partial charge in [0, 0.05) is 31.9 Å². The predicted octanol–water partition coefficient (Wildman–Crippen LogP) is 3.68. The van der Waals surface area contributed by atoms with E-state index in [0.717, 1.165) is 17.8 Å². The zero-order valence-corrected chi connectivity index (χ0v) is 14.2. The van der Waals surface area contributed by atoms with Crippen LogP contribution in [0.2, 0.25) is 0 Å². The van der Waals surface area contributed by atoms with Gasteiger partial charge in [-0.15, -0.1) is 0 Å². The molecule has 0 atom stereocenters. The molecule has 0 spiro atoms. The van der Waals surface area contributed by atoms with Gasteiger partial charge in [-0.2, -0.15) is 0 Å². The molecule has 0 saturated carbocycles. The van der Waals surface area contributed by atoms with E-state index >= 15 is 0 Å². The first-order valence-corrected chi connectivity index (χ1v) is 8.14. The van der Waals surface area contributed by atoms with Crippen LogP contribution in [0.15, 0.2) is 30.3 Å². The van der Waals surface area contributed by atoms with Crippen LogP contribution in [0.1, 0.15) is 21.5 Å². The number of anilines is 1. The first kappa shape index (κ1) is 17.3. The molecule has 1 aliphatic rings. The topological polar surface area (TPSA) is 23.6 Å². The van der Waals surface area contributed by atoms with Crippen LogP contribution in [0, 0.1) is 31.3 Å². The third-order valence-corrected chi connectivity index (χ3v) is 4.75. The Bertz CT molecular complexity index is 815. The second kappa shape index (κ2) is 6.78. The standard InChI is InChI=1S/C19H19F3N2O/c1-12-4-3-5-16(13(12)2)23-8-10-24(11-9-23)19(25)14-6-7-15(20)18(22)17(14)21/h3-7H,8-11H2,1-2H3. The summed E-state index contributed by atoms with van der Waals surface area (Å²) in [5.41, 5.74) is 3.07. The van der Waals surface area contributed by atoms with E-state index in [2.05, 4.69) is 11.8 Å². The quantitative estimate of drug-likeness (QED) is 0.773. The fourth-order valence-electron chi connectivity index (χ4n) is 3.09. The minimum Gasteiger partial charge on any atom is -0.368 e. The summed E-state index contributed by atoms with van der Waals surface area (Å²) in [6.45, 7) is 6.08. The van der Waals surface area contributed by atoms with Crippen molar-refractivity contribution in [2.45, 2.75) is 13.8 Å². The number of nitrogens with zero attached hydrogens (tertiary/aromatic N) is 2. The number of carbonyl (C=O) groups excluding carboxylic acids is 1. The Labute approximate surface area is 144 Å². The highest BCUT2D eigenvalue weighted by Crippen LogP contribution is 2.24. The summed E-state index contributed by atoms with van der Waals surface area (Å²) >= 11 is 0. The molecule has 3 nitrogen and oxygen atoms in total. The Kier molecular flexibility index (Phi) is 4.70. The van der Waals surface area contributed by atoms with Crippen LogP contribution >= 0.6 is 0 Å². The van der Waals surface area contributed by atoms with Crippen LogP contribution in [-0.2, 0) is 0 Å². The highest BCUT2D eigenvalue weighted by atomic mass is 19.2. The number of halogens is 3. The van der Waals surface area contributed by atoms with Crippen LogP contribution < -0.4 is 4.90 Å². The van der Waals surface area contributed by atoms with E-state index < -0.39 is 28.9 Å². The second-order valence-electron chi connectivity index (χ2n) is 6.22. The fraction of sp³-hybridized carbons (Fsp3) is 0.316. The van der Waals surface area contributed by atoms with Crippen molar-refractivity contribution in [2.75, 3.05) is 31.1 Å². The molecule has 0 unspecified atom stereocenters. The van der Waals surface area contributed by atoms with Gasteiger partial charge >= 0.3 is 0 Å². The van der Waals surface area contributed by atoms with E-state index in [0.29, 0.717) is 26.2 Å². The zero-order valence-electron chi connectivity index (χ0n) is 14.2. The molecule has 1 heterocycles. The molecule has 2 aromatic carbocycles. The number of piperazine rings is 1. The van der Waals surface area contributed by atoms with Crippen molar-refractivity contribution in [2.24, 2.45) is 0 Å². The molecule has 0 N–H and O–H groups in total. The van der Waals surface area contributed by atoms with E-state index in [4.69, 9.17) is 0 Å². The Morgan fingerprint density at radius 1 is 0.920 bits per heavy atom. The second-order valence-corrected chi connectivity index (χ2v) is 6.22. The SMILES string of the molecule is Cc1cccc(N2CCN(C(=O)c3ccc(F)c(F)c3F)CC2)c1C. The molecule has 25 heavy (non-hydrogen) atoms. The van der Waals surface area contributed by atoms with Crippen molar-refractivity contribution >= 4 is 11.6 Å². The van der Waals surface area contributed by atoms with Gasteiger partial charge in [0.2, 0.25) is 0 Å². The molecule has 0 aliphatic carbocycles. The maximum Gasteiger partial charge on any atom is 0.257 e. The minimum absolute atomic E-state index is 0.394. The van der Waals surface area contributed by atoms with Gasteiger partial charge in [0.1, 0.15) is 0 Å². The van der Waals surface area contributed by atoms with Gasteiger partial charge in [0.05, 0.1) is 5.56 Å². The summed E-state index contributed by atoms with van der Waals surface area (Å²) < 4.78 is 40.2. The average molecular weight is 348 g/mol. The summed E-state index contributed by atoms with van der Waals surface area (Å²) in [5, 5.41) is 0. The molecule has 1 fully saturated rings. The maximum atomic E-state index is 13.8. The molecule has 1 amide bonds. The zero-order chi connectivity index (χ0) is 18.1. The normalized spacial score (nSPS) is 14.8. The van der Waals surface area contributed by atoms with Crippen molar-refractivity contribution in [3.8, 4) is 0 Å². The molecule has 2 aromatic rings. The molecular formula is C19H19F3N2O. The van der Waals surface area contributed by atoms with Crippen LogP contribution in [0.3, 0.4) is 0 Å². The average Bonchev–Trinajstić information content (AvgIpc) is 2.62. The predicted molar refractivity (Wildman–Crippen MR) is 90.3 cm³/mol. The van der Waals surface area contributed by atoms with Gasteiger partial charge in [-0.25, -0.2) is 13.2 Å². The summed E-state index contributed by atoms with van der Waals surface area (Å²) in [7, 11) is 0. The Hall–Kier alpha value is -2.50. The number of hydrogen-bond donors (Lipinski definition) is 0. The number of benzene rings is 2. The lowest BCUT2D eigenvalue weighted by atomic mass is 10.1. The molecular weight excluding hydrogens is 329 g/mol. The van der Waals surface area contributed by atoms with Gasteiger partial charge in [-0.05, 0) is 43.2 Å². The number of rotatable bonds is 2. The third-order valence-electron chi connectivity index (χ3n) is 4.75. The van der Waals surface area contributed by atoms with Crippen LogP contribution in [0.5, 0.6) is 0 Å². The first-order chi connectivity index (χ1) is 11.9. The van der Waals surface area contributed by atoms with Gasteiger partial charge < -0.3 is 9.80 Å². The summed E-state index contributed by atoms with van der Waals surface area (Å²) in [6, 6.07) is 7.84. The summed E-state index contributed by atoms with van der Waals surface area (Å²) in [6.07, 6.45) is 0. The Morgan fingerprint density at radius 3 is 2.28 bits per heavy atom. The Balaban J connectivity index is 1.73. The van der Waals surface area contributed by atoms with Crippen molar-refractivity contribution < 1.29 is 18.0 Å². The highest BCUT2D eigenvalue weighted by molar-refractivity contribution is 5.94. The molecule has 6 heteroatoms. The number of carbonyl (C=O) groups is 1. The lowest BCUT2D eigenvalue weighted by Gasteiger charge is -2.37. The number of amides is 1. The largest absolute Gasteiger partial charge is 0.368 e. The van der Waals surface area contributed by atoms with Gasteiger partial charge in [-0.1, -0.05) is 12.1 Å². The molecule has 0 radical (unpaired) electrons. The third kappa shape index (κ3) is 3.21. The number of hydrogen-bond acceptors (Lipinski definition) is 2. The van der Waals surface area contributed by atoms with Crippen molar-refractivity contribution in [3.05, 3.63) is 64.5 Å². The van der Waals surface area contributed by atoms with Gasteiger partial charge in [-0.3, -0.25) is 4.79 Å². The van der Waals surface area contributed by atoms with Gasteiger partial charge in [0.15, 0.2) is 17.5 Å². The first-order valence-electron chi connectivity index (χ1n) is 8.14. The maximum absolute atomic E-state index is 13.8. The molecule has 132 valence electrons. The van der Waals surface area contributed by atoms with Crippen molar-refractivity contribution in [3.63, 3.8) is 0 Å². The molecule has 0 aromatic heterocycles. The minimum atomic E-state index is -1.61. The highest BCUT2D eigenvalue weighted by Gasteiger charge is 2.26. The van der Waals surface area contributed by atoms with Crippen LogP contribution in [0.25, 0.3) is 0 Å². The number of aryl methyl sites for hydroxylation is 1. The van der Waals surface area contributed by atoms with Gasteiger partial charge in [0.25, 0.3) is 5.91 Å². The lowest BCUT2D eigenvalue weighted by Crippen LogP contribution is -2.49. The monoisotopic (exact) mass is 348 g/mol. The van der Waals surface area contributed by atoms with E-state index in [1.807, 2.05) is 25.1 Å². The van der Waals surface area contributed by atoms with E-state index in [9.17, 15) is 18.0 Å². The smallest absolute Gasteiger partial charge is 0.257 e. The van der Waals surface area contributed by atoms with E-state index in [1.165, 1.54) is 16.0 Å². The summed E-state index contributed by atoms with van der Waals surface area (Å²) in [4.78, 5) is 16.1. The van der Waals surface area contributed by atoms with Crippen molar-refractivity contribution in [1.82, 2.24) is 4.90 Å². The lowest BCUT2D eigenvalue weighted by molar-refractivity contribution is 0.0740.